The highest BCUT2D eigenvalue weighted by Crippen LogP contribution is 2.29. The van der Waals surface area contributed by atoms with Crippen LogP contribution in [0.25, 0.3) is 5.69 Å². The molecule has 0 saturated heterocycles. The lowest BCUT2D eigenvalue weighted by Crippen LogP contribution is -2.08. The molecule has 2 aromatic rings. The third-order valence-corrected chi connectivity index (χ3v) is 2.98. The van der Waals surface area contributed by atoms with E-state index in [1.54, 1.807) is 17.1 Å². The van der Waals surface area contributed by atoms with Crippen LogP contribution in [0.1, 0.15) is 24.0 Å². The van der Waals surface area contributed by atoms with Gasteiger partial charge >= 0.3 is 6.18 Å². The van der Waals surface area contributed by atoms with Gasteiger partial charge in [0.05, 0.1) is 17.4 Å². The topological polar surface area (TPSA) is 43.8 Å². The monoisotopic (exact) mass is 269 g/mol. The Kier molecular flexibility index (Phi) is 3.61. The maximum absolute atomic E-state index is 12.4. The molecular formula is C13H14F3N3. The van der Waals surface area contributed by atoms with Crippen molar-refractivity contribution in [1.82, 2.24) is 9.78 Å². The van der Waals surface area contributed by atoms with Crippen molar-refractivity contribution in [3.63, 3.8) is 0 Å². The van der Waals surface area contributed by atoms with E-state index in [4.69, 9.17) is 5.73 Å². The van der Waals surface area contributed by atoms with Crippen molar-refractivity contribution in [2.24, 2.45) is 5.73 Å². The summed E-state index contributed by atoms with van der Waals surface area (Å²) in [5, 5.41) is 4.13. The average Bonchev–Trinajstić information content (AvgIpc) is 2.86. The van der Waals surface area contributed by atoms with Crippen LogP contribution < -0.4 is 5.73 Å². The standard InChI is InChI=1S/C13H14F3N3/c1-9(6-17)10-7-18-19(8-10)12-4-2-11(3-5-12)13(14,15)16/h2-5,7-9H,6,17H2,1H3. The lowest BCUT2D eigenvalue weighted by Gasteiger charge is -2.07. The van der Waals surface area contributed by atoms with E-state index in [-0.39, 0.29) is 5.92 Å². The van der Waals surface area contributed by atoms with Crippen LogP contribution in [0.3, 0.4) is 0 Å². The molecule has 19 heavy (non-hydrogen) atoms. The third-order valence-electron chi connectivity index (χ3n) is 2.98. The van der Waals surface area contributed by atoms with Gasteiger partial charge in [0.15, 0.2) is 0 Å². The number of hydrogen-bond acceptors (Lipinski definition) is 2. The second-order valence-electron chi connectivity index (χ2n) is 4.40. The zero-order valence-corrected chi connectivity index (χ0v) is 10.4. The Balaban J connectivity index is 2.25. The second-order valence-corrected chi connectivity index (χ2v) is 4.40. The zero-order valence-electron chi connectivity index (χ0n) is 10.4. The maximum atomic E-state index is 12.4. The zero-order chi connectivity index (χ0) is 14.0. The van der Waals surface area contributed by atoms with Crippen LogP contribution >= 0.6 is 0 Å². The van der Waals surface area contributed by atoms with Crippen LogP contribution in [-0.4, -0.2) is 16.3 Å². The minimum absolute atomic E-state index is 0.170. The highest BCUT2D eigenvalue weighted by molar-refractivity contribution is 5.35. The van der Waals surface area contributed by atoms with Gasteiger partial charge in [0.25, 0.3) is 0 Å². The van der Waals surface area contributed by atoms with Crippen LogP contribution in [-0.2, 0) is 6.18 Å². The molecule has 0 aliphatic heterocycles. The van der Waals surface area contributed by atoms with Gasteiger partial charge in [-0.2, -0.15) is 18.3 Å². The predicted octanol–water partition coefficient (Wildman–Crippen LogP) is 2.95. The van der Waals surface area contributed by atoms with Crippen molar-refractivity contribution < 1.29 is 13.2 Å². The molecular weight excluding hydrogens is 255 g/mol. The van der Waals surface area contributed by atoms with E-state index in [0.717, 1.165) is 17.7 Å². The van der Waals surface area contributed by atoms with Crippen molar-refractivity contribution in [3.8, 4) is 5.69 Å². The molecule has 1 aromatic heterocycles. The number of hydrogen-bond donors (Lipinski definition) is 1. The third kappa shape index (κ3) is 2.96. The molecule has 2 N–H and O–H groups in total. The Labute approximate surface area is 108 Å². The summed E-state index contributed by atoms with van der Waals surface area (Å²) >= 11 is 0. The van der Waals surface area contributed by atoms with Crippen molar-refractivity contribution in [3.05, 3.63) is 47.8 Å². The minimum atomic E-state index is -4.32. The summed E-state index contributed by atoms with van der Waals surface area (Å²) in [6.45, 7) is 2.47. The number of aromatic nitrogens is 2. The summed E-state index contributed by atoms with van der Waals surface area (Å²) in [6, 6.07) is 4.88. The fourth-order valence-electron chi connectivity index (χ4n) is 1.67. The number of halogens is 3. The largest absolute Gasteiger partial charge is 0.416 e. The minimum Gasteiger partial charge on any atom is -0.330 e. The SMILES string of the molecule is CC(CN)c1cnn(-c2ccc(C(F)(F)F)cc2)c1. The number of nitrogens with two attached hydrogens (primary N) is 1. The molecule has 1 unspecified atom stereocenters. The molecule has 3 nitrogen and oxygen atoms in total. The normalized spacial score (nSPS) is 13.5. The highest BCUT2D eigenvalue weighted by atomic mass is 19.4. The molecule has 1 aromatic carbocycles. The molecule has 6 heteroatoms. The van der Waals surface area contributed by atoms with Gasteiger partial charge < -0.3 is 5.73 Å². The van der Waals surface area contributed by atoms with E-state index >= 15 is 0 Å². The van der Waals surface area contributed by atoms with Gasteiger partial charge in [-0.3, -0.25) is 0 Å². The van der Waals surface area contributed by atoms with Gasteiger partial charge in [0.2, 0.25) is 0 Å². The Morgan fingerprint density at radius 2 is 1.89 bits per heavy atom. The van der Waals surface area contributed by atoms with Gasteiger partial charge in [0.1, 0.15) is 0 Å². The first-order chi connectivity index (χ1) is 8.91. The second kappa shape index (κ2) is 5.05. The van der Waals surface area contributed by atoms with Gasteiger partial charge in [-0.15, -0.1) is 0 Å². The fourth-order valence-corrected chi connectivity index (χ4v) is 1.67. The summed E-state index contributed by atoms with van der Waals surface area (Å²) < 4.78 is 38.9. The van der Waals surface area contributed by atoms with Crippen molar-refractivity contribution in [2.75, 3.05) is 6.54 Å². The molecule has 1 heterocycles. The quantitative estimate of drug-likeness (QED) is 0.931. The number of benzene rings is 1. The first-order valence-electron chi connectivity index (χ1n) is 5.84. The molecule has 0 aliphatic rings. The highest BCUT2D eigenvalue weighted by Gasteiger charge is 2.30. The Hall–Kier alpha value is -1.82. The molecule has 1 atom stereocenters. The van der Waals surface area contributed by atoms with E-state index in [1.165, 1.54) is 12.1 Å². The van der Waals surface area contributed by atoms with Crippen LogP contribution in [0.15, 0.2) is 36.7 Å². The molecule has 0 saturated carbocycles. The van der Waals surface area contributed by atoms with Crippen molar-refractivity contribution in [1.29, 1.82) is 0 Å². The molecule has 0 fully saturated rings. The smallest absolute Gasteiger partial charge is 0.330 e. The maximum Gasteiger partial charge on any atom is 0.416 e. The average molecular weight is 269 g/mol. The van der Waals surface area contributed by atoms with Gasteiger partial charge in [-0.25, -0.2) is 4.68 Å². The molecule has 0 aliphatic carbocycles. The van der Waals surface area contributed by atoms with Crippen molar-refractivity contribution in [2.45, 2.75) is 19.0 Å². The van der Waals surface area contributed by atoms with Crippen LogP contribution in [0.4, 0.5) is 13.2 Å². The summed E-state index contributed by atoms with van der Waals surface area (Å²) in [5.41, 5.74) is 6.44. The van der Waals surface area contributed by atoms with E-state index < -0.39 is 11.7 Å². The van der Waals surface area contributed by atoms with E-state index in [1.807, 2.05) is 6.92 Å². The predicted molar refractivity (Wildman–Crippen MR) is 66.0 cm³/mol. The van der Waals surface area contributed by atoms with Crippen LogP contribution in [0, 0.1) is 0 Å². The first kappa shape index (κ1) is 13.6. The number of nitrogens with zero attached hydrogens (tertiary/aromatic N) is 2. The number of rotatable bonds is 3. The summed E-state index contributed by atoms with van der Waals surface area (Å²) in [6.07, 6.45) is -0.864. The van der Waals surface area contributed by atoms with Gasteiger partial charge in [0, 0.05) is 6.20 Å². The fraction of sp³-hybridized carbons (Fsp3) is 0.308. The number of alkyl halides is 3. The summed E-state index contributed by atoms with van der Waals surface area (Å²) in [5.74, 6) is 0.170. The van der Waals surface area contributed by atoms with E-state index in [0.29, 0.717) is 12.2 Å². The summed E-state index contributed by atoms with van der Waals surface area (Å²) in [4.78, 5) is 0. The van der Waals surface area contributed by atoms with Gasteiger partial charge in [-0.05, 0) is 42.3 Å². The molecule has 102 valence electrons. The van der Waals surface area contributed by atoms with E-state index in [9.17, 15) is 13.2 Å². The van der Waals surface area contributed by atoms with Crippen LogP contribution in [0.5, 0.6) is 0 Å². The molecule has 0 amide bonds. The molecule has 0 radical (unpaired) electrons. The molecule has 0 bridgehead atoms. The lowest BCUT2D eigenvalue weighted by molar-refractivity contribution is -0.137. The molecule has 0 spiro atoms. The van der Waals surface area contributed by atoms with Gasteiger partial charge in [-0.1, -0.05) is 6.92 Å². The van der Waals surface area contributed by atoms with Crippen LogP contribution in [0.2, 0.25) is 0 Å². The molecule has 2 rings (SSSR count). The Morgan fingerprint density at radius 1 is 1.26 bits per heavy atom. The summed E-state index contributed by atoms with van der Waals surface area (Å²) in [7, 11) is 0. The van der Waals surface area contributed by atoms with E-state index in [2.05, 4.69) is 5.10 Å². The Bertz CT molecular complexity index is 543. The first-order valence-corrected chi connectivity index (χ1v) is 5.84. The Morgan fingerprint density at radius 3 is 2.42 bits per heavy atom. The van der Waals surface area contributed by atoms with Crippen molar-refractivity contribution >= 4 is 0 Å². The lowest BCUT2D eigenvalue weighted by atomic mass is 10.1.